The summed E-state index contributed by atoms with van der Waals surface area (Å²) >= 11 is 3.49. The van der Waals surface area contributed by atoms with Crippen molar-refractivity contribution in [3.05, 3.63) is 34.3 Å². The molecular formula is C16H21BrO2. The van der Waals surface area contributed by atoms with E-state index in [0.29, 0.717) is 0 Å². The fraction of sp³-hybridized carbons (Fsp3) is 0.562. The summed E-state index contributed by atoms with van der Waals surface area (Å²) in [5.41, 5.74) is 0.760. The van der Waals surface area contributed by atoms with Gasteiger partial charge >= 0.3 is 5.97 Å². The van der Waals surface area contributed by atoms with Crippen molar-refractivity contribution in [2.45, 2.75) is 46.1 Å². The van der Waals surface area contributed by atoms with Gasteiger partial charge in [0.1, 0.15) is 5.60 Å². The van der Waals surface area contributed by atoms with Gasteiger partial charge in [0.05, 0.1) is 5.92 Å². The molecule has 0 aliphatic heterocycles. The van der Waals surface area contributed by atoms with Crippen molar-refractivity contribution in [1.29, 1.82) is 0 Å². The highest BCUT2D eigenvalue weighted by Crippen LogP contribution is 2.65. The van der Waals surface area contributed by atoms with Crippen LogP contribution in [0.1, 0.15) is 46.1 Å². The highest BCUT2D eigenvalue weighted by atomic mass is 79.9. The minimum atomic E-state index is -0.419. The molecule has 0 heterocycles. The van der Waals surface area contributed by atoms with Crippen LogP contribution < -0.4 is 0 Å². The molecule has 2 rings (SSSR count). The summed E-state index contributed by atoms with van der Waals surface area (Å²) in [6.45, 7) is 10.00. The summed E-state index contributed by atoms with van der Waals surface area (Å²) in [6, 6.07) is 8.19. The molecule has 2 atom stereocenters. The van der Waals surface area contributed by atoms with Crippen LogP contribution in [0.3, 0.4) is 0 Å². The maximum atomic E-state index is 12.3. The van der Waals surface area contributed by atoms with Crippen LogP contribution in [0.2, 0.25) is 0 Å². The number of hydrogen-bond donors (Lipinski definition) is 0. The molecule has 1 aliphatic rings. The predicted molar refractivity (Wildman–Crippen MR) is 80.0 cm³/mol. The van der Waals surface area contributed by atoms with Crippen molar-refractivity contribution in [1.82, 2.24) is 0 Å². The molecule has 104 valence electrons. The number of benzene rings is 1. The average Bonchev–Trinajstić information content (AvgIpc) is 2.79. The molecule has 1 aromatic rings. The Kier molecular flexibility index (Phi) is 3.54. The Morgan fingerprint density at radius 1 is 1.32 bits per heavy atom. The van der Waals surface area contributed by atoms with Gasteiger partial charge in [-0.3, -0.25) is 4.79 Å². The summed E-state index contributed by atoms with van der Waals surface area (Å²) in [6.07, 6.45) is 0. The summed E-state index contributed by atoms with van der Waals surface area (Å²) in [5, 5.41) is 0. The van der Waals surface area contributed by atoms with Crippen molar-refractivity contribution in [2.24, 2.45) is 11.3 Å². The van der Waals surface area contributed by atoms with Gasteiger partial charge in [-0.1, -0.05) is 41.9 Å². The zero-order valence-corrected chi connectivity index (χ0v) is 13.7. The van der Waals surface area contributed by atoms with Gasteiger partial charge in [-0.15, -0.1) is 0 Å². The standard InChI is InChI=1S/C16H21BrO2/c1-15(2,3)19-14(18)13-12(16(13,4)5)10-7-6-8-11(17)9-10/h6-9,12-13H,1-5H3. The van der Waals surface area contributed by atoms with Gasteiger partial charge in [0.25, 0.3) is 0 Å². The Labute approximate surface area is 123 Å². The predicted octanol–water partition coefficient (Wildman–Crippen LogP) is 4.53. The molecule has 0 N–H and O–H groups in total. The molecule has 0 saturated heterocycles. The van der Waals surface area contributed by atoms with E-state index in [0.717, 1.165) is 4.47 Å². The smallest absolute Gasteiger partial charge is 0.310 e. The monoisotopic (exact) mass is 324 g/mol. The summed E-state index contributed by atoms with van der Waals surface area (Å²) in [5.74, 6) is 0.128. The number of ether oxygens (including phenoxy) is 1. The van der Waals surface area contributed by atoms with Gasteiger partial charge in [0.2, 0.25) is 0 Å². The number of rotatable bonds is 2. The molecule has 1 fully saturated rings. The zero-order valence-electron chi connectivity index (χ0n) is 12.2. The third kappa shape index (κ3) is 3.02. The van der Waals surface area contributed by atoms with E-state index in [1.54, 1.807) is 0 Å². The molecule has 19 heavy (non-hydrogen) atoms. The van der Waals surface area contributed by atoms with Crippen LogP contribution in [-0.2, 0) is 9.53 Å². The van der Waals surface area contributed by atoms with E-state index in [2.05, 4.69) is 41.9 Å². The van der Waals surface area contributed by atoms with Crippen LogP contribution >= 0.6 is 15.9 Å². The lowest BCUT2D eigenvalue weighted by Crippen LogP contribution is -2.26. The molecule has 1 aliphatic carbocycles. The lowest BCUT2D eigenvalue weighted by atomic mass is 10.0. The minimum Gasteiger partial charge on any atom is -0.460 e. The summed E-state index contributed by atoms with van der Waals surface area (Å²) in [7, 11) is 0. The van der Waals surface area contributed by atoms with Crippen LogP contribution in [0, 0.1) is 11.3 Å². The van der Waals surface area contributed by atoms with E-state index in [9.17, 15) is 4.79 Å². The Balaban J connectivity index is 2.19. The maximum absolute atomic E-state index is 12.3. The fourth-order valence-corrected chi connectivity index (χ4v) is 3.18. The normalized spacial score (nSPS) is 24.9. The molecule has 0 spiro atoms. The Morgan fingerprint density at radius 3 is 2.47 bits per heavy atom. The van der Waals surface area contributed by atoms with Crippen molar-refractivity contribution in [2.75, 3.05) is 0 Å². The third-order valence-corrected chi connectivity index (χ3v) is 4.19. The number of hydrogen-bond acceptors (Lipinski definition) is 2. The van der Waals surface area contributed by atoms with Crippen LogP contribution in [-0.4, -0.2) is 11.6 Å². The van der Waals surface area contributed by atoms with E-state index in [-0.39, 0.29) is 23.2 Å². The molecule has 2 unspecified atom stereocenters. The van der Waals surface area contributed by atoms with Crippen LogP contribution in [0.5, 0.6) is 0 Å². The number of esters is 1. The molecule has 1 saturated carbocycles. The van der Waals surface area contributed by atoms with Gasteiger partial charge < -0.3 is 4.74 Å². The van der Waals surface area contributed by atoms with Crippen molar-refractivity contribution in [3.8, 4) is 0 Å². The quantitative estimate of drug-likeness (QED) is 0.747. The molecule has 3 heteroatoms. The second kappa shape index (κ2) is 4.62. The highest BCUT2D eigenvalue weighted by Gasteiger charge is 2.63. The van der Waals surface area contributed by atoms with Crippen LogP contribution in [0.4, 0.5) is 0 Å². The van der Waals surface area contributed by atoms with Gasteiger partial charge in [-0.2, -0.15) is 0 Å². The van der Waals surface area contributed by atoms with E-state index in [1.807, 2.05) is 32.9 Å². The number of carbonyl (C=O) groups excluding carboxylic acids is 1. The molecule has 0 amide bonds. The fourth-order valence-electron chi connectivity index (χ4n) is 2.77. The first-order valence-corrected chi connectivity index (χ1v) is 7.40. The molecule has 1 aromatic carbocycles. The number of halogens is 1. The van der Waals surface area contributed by atoms with Crippen molar-refractivity contribution < 1.29 is 9.53 Å². The largest absolute Gasteiger partial charge is 0.460 e. The summed E-state index contributed by atoms with van der Waals surface area (Å²) in [4.78, 5) is 12.3. The molecular weight excluding hydrogens is 304 g/mol. The maximum Gasteiger partial charge on any atom is 0.310 e. The van der Waals surface area contributed by atoms with E-state index < -0.39 is 5.60 Å². The lowest BCUT2D eigenvalue weighted by Gasteiger charge is -2.20. The third-order valence-electron chi connectivity index (χ3n) is 3.70. The van der Waals surface area contributed by atoms with Crippen LogP contribution in [0.25, 0.3) is 0 Å². The Bertz CT molecular complexity index is 500. The van der Waals surface area contributed by atoms with E-state index >= 15 is 0 Å². The first kappa shape index (κ1) is 14.6. The SMILES string of the molecule is CC(C)(C)OC(=O)C1C(c2cccc(Br)c2)C1(C)C. The van der Waals surface area contributed by atoms with Gasteiger partial charge in [0, 0.05) is 10.4 Å². The number of carbonyl (C=O) groups is 1. The second-order valence-corrected chi connectivity index (χ2v) is 7.78. The molecule has 0 aromatic heterocycles. The van der Waals surface area contributed by atoms with Gasteiger partial charge in [-0.05, 0) is 43.9 Å². The highest BCUT2D eigenvalue weighted by molar-refractivity contribution is 9.10. The minimum absolute atomic E-state index is 0.0247. The zero-order chi connectivity index (χ0) is 14.4. The molecule has 2 nitrogen and oxygen atoms in total. The second-order valence-electron chi connectivity index (χ2n) is 6.87. The Hall–Kier alpha value is -0.830. The first-order chi connectivity index (χ1) is 8.63. The Morgan fingerprint density at radius 2 is 1.95 bits per heavy atom. The van der Waals surface area contributed by atoms with E-state index in [4.69, 9.17) is 4.74 Å². The van der Waals surface area contributed by atoms with E-state index in [1.165, 1.54) is 5.56 Å². The molecule has 0 radical (unpaired) electrons. The van der Waals surface area contributed by atoms with Gasteiger partial charge in [-0.25, -0.2) is 0 Å². The lowest BCUT2D eigenvalue weighted by molar-refractivity contribution is -0.157. The average molecular weight is 325 g/mol. The van der Waals surface area contributed by atoms with Crippen LogP contribution in [0.15, 0.2) is 28.7 Å². The molecule has 0 bridgehead atoms. The van der Waals surface area contributed by atoms with Crippen molar-refractivity contribution >= 4 is 21.9 Å². The van der Waals surface area contributed by atoms with Gasteiger partial charge in [0.15, 0.2) is 0 Å². The first-order valence-electron chi connectivity index (χ1n) is 6.61. The van der Waals surface area contributed by atoms with Crippen molar-refractivity contribution in [3.63, 3.8) is 0 Å². The summed E-state index contributed by atoms with van der Waals surface area (Å²) < 4.78 is 6.58. The topological polar surface area (TPSA) is 26.3 Å².